The van der Waals surface area contributed by atoms with Gasteiger partial charge in [-0.3, -0.25) is 0 Å². The summed E-state index contributed by atoms with van der Waals surface area (Å²) < 4.78 is 5.54. The van der Waals surface area contributed by atoms with Gasteiger partial charge >= 0.3 is 0 Å². The Morgan fingerprint density at radius 3 is 2.94 bits per heavy atom. The van der Waals surface area contributed by atoms with Crippen molar-refractivity contribution in [1.29, 1.82) is 0 Å². The number of hydrogen-bond acceptors (Lipinski definition) is 3. The monoisotopic (exact) mass is 226 g/mol. The molecule has 1 saturated heterocycles. The van der Waals surface area contributed by atoms with E-state index in [0.717, 1.165) is 32.1 Å². The summed E-state index contributed by atoms with van der Waals surface area (Å²) in [6.07, 6.45) is 4.11. The summed E-state index contributed by atoms with van der Waals surface area (Å²) in [5.41, 5.74) is 0. The third-order valence-corrected chi connectivity index (χ3v) is 3.38. The van der Waals surface area contributed by atoms with Gasteiger partial charge in [0.25, 0.3) is 0 Å². The lowest BCUT2D eigenvalue weighted by atomic mass is 9.94. The third-order valence-electron chi connectivity index (χ3n) is 3.38. The molecular weight excluding hydrogens is 200 g/mol. The molecule has 1 aliphatic heterocycles. The molecule has 2 unspecified atom stereocenters. The Morgan fingerprint density at radius 2 is 2.31 bits per heavy atom. The zero-order valence-electron chi connectivity index (χ0n) is 10.7. The van der Waals surface area contributed by atoms with Crippen LogP contribution in [-0.4, -0.2) is 50.8 Å². The number of nitrogens with zero attached hydrogens (tertiary/aromatic N) is 1. The summed E-state index contributed by atoms with van der Waals surface area (Å²) >= 11 is 0. The summed E-state index contributed by atoms with van der Waals surface area (Å²) in [6, 6.07) is 0.693. The van der Waals surface area contributed by atoms with E-state index < -0.39 is 0 Å². The molecule has 0 spiro atoms. The van der Waals surface area contributed by atoms with Gasteiger partial charge in [-0.15, -0.1) is 6.58 Å². The Kier molecular flexibility index (Phi) is 6.69. The Balaban J connectivity index is 2.08. The number of rotatable bonds is 7. The quantitative estimate of drug-likeness (QED) is 0.526. The van der Waals surface area contributed by atoms with Gasteiger partial charge in [0.05, 0.1) is 13.2 Å². The van der Waals surface area contributed by atoms with Crippen LogP contribution in [0.15, 0.2) is 12.7 Å². The first-order valence-corrected chi connectivity index (χ1v) is 6.36. The van der Waals surface area contributed by atoms with Crippen molar-refractivity contribution in [2.24, 2.45) is 5.92 Å². The molecule has 3 heteroatoms. The zero-order chi connectivity index (χ0) is 11.8. The Labute approximate surface area is 99.8 Å². The molecule has 0 aliphatic carbocycles. The van der Waals surface area contributed by atoms with Crippen molar-refractivity contribution in [3.05, 3.63) is 12.7 Å². The predicted octanol–water partition coefficient (Wildman–Crippen LogP) is 1.51. The van der Waals surface area contributed by atoms with Crippen LogP contribution in [0.5, 0.6) is 0 Å². The first-order valence-electron chi connectivity index (χ1n) is 6.36. The molecule has 2 atom stereocenters. The summed E-state index contributed by atoms with van der Waals surface area (Å²) in [5.74, 6) is 0.743. The van der Waals surface area contributed by atoms with Crippen molar-refractivity contribution < 1.29 is 4.74 Å². The van der Waals surface area contributed by atoms with Crippen molar-refractivity contribution in [3.63, 3.8) is 0 Å². The summed E-state index contributed by atoms with van der Waals surface area (Å²) in [6.45, 7) is 11.1. The predicted molar refractivity (Wildman–Crippen MR) is 68.7 cm³/mol. The molecule has 0 aromatic rings. The van der Waals surface area contributed by atoms with Crippen molar-refractivity contribution in [1.82, 2.24) is 10.2 Å². The Hall–Kier alpha value is -0.380. The minimum absolute atomic E-state index is 0.693. The fraction of sp³-hybridized carbons (Fsp3) is 0.846. The van der Waals surface area contributed by atoms with E-state index in [1.54, 1.807) is 0 Å². The standard InChI is InChI=1S/C13H26N2O/c1-4-5-9-16-10-8-15-7-6-13(14-3)12(2)11-15/h4,12-14H,1,5-11H2,2-3H3. The van der Waals surface area contributed by atoms with Gasteiger partial charge in [0.1, 0.15) is 0 Å². The molecule has 3 nitrogen and oxygen atoms in total. The average Bonchev–Trinajstić information content (AvgIpc) is 2.29. The average molecular weight is 226 g/mol. The van der Waals surface area contributed by atoms with Crippen LogP contribution < -0.4 is 5.32 Å². The lowest BCUT2D eigenvalue weighted by molar-refractivity contribution is 0.0811. The number of piperidine rings is 1. The topological polar surface area (TPSA) is 24.5 Å². The van der Waals surface area contributed by atoms with Gasteiger partial charge in [-0.05, 0) is 32.4 Å². The van der Waals surface area contributed by atoms with Crippen molar-refractivity contribution in [2.45, 2.75) is 25.8 Å². The fourth-order valence-electron chi connectivity index (χ4n) is 2.33. The molecule has 0 bridgehead atoms. The van der Waals surface area contributed by atoms with Gasteiger partial charge in [-0.2, -0.15) is 0 Å². The van der Waals surface area contributed by atoms with E-state index >= 15 is 0 Å². The lowest BCUT2D eigenvalue weighted by Gasteiger charge is -2.36. The first kappa shape index (κ1) is 13.7. The summed E-state index contributed by atoms with van der Waals surface area (Å²) in [7, 11) is 2.06. The molecule has 0 aromatic carbocycles. The second-order valence-electron chi connectivity index (χ2n) is 4.65. The van der Waals surface area contributed by atoms with Gasteiger partial charge in [0.2, 0.25) is 0 Å². The van der Waals surface area contributed by atoms with Gasteiger partial charge in [0.15, 0.2) is 0 Å². The van der Waals surface area contributed by atoms with Gasteiger partial charge in [0, 0.05) is 19.1 Å². The molecule has 94 valence electrons. The maximum Gasteiger partial charge on any atom is 0.0593 e. The molecule has 1 N–H and O–H groups in total. The van der Waals surface area contributed by atoms with Crippen LogP contribution in [0.1, 0.15) is 19.8 Å². The van der Waals surface area contributed by atoms with E-state index in [-0.39, 0.29) is 0 Å². The Morgan fingerprint density at radius 1 is 1.50 bits per heavy atom. The Bertz CT molecular complexity index is 196. The summed E-state index contributed by atoms with van der Waals surface area (Å²) in [4.78, 5) is 2.51. The van der Waals surface area contributed by atoms with Crippen LogP contribution in [0.25, 0.3) is 0 Å². The minimum atomic E-state index is 0.693. The highest BCUT2D eigenvalue weighted by molar-refractivity contribution is 4.81. The molecule has 16 heavy (non-hydrogen) atoms. The molecule has 0 amide bonds. The second kappa shape index (κ2) is 7.82. The van der Waals surface area contributed by atoms with E-state index in [0.29, 0.717) is 6.04 Å². The molecule has 1 aliphatic rings. The van der Waals surface area contributed by atoms with Crippen LogP contribution in [0, 0.1) is 5.92 Å². The smallest absolute Gasteiger partial charge is 0.0593 e. The maximum absolute atomic E-state index is 5.54. The molecule has 0 saturated carbocycles. The third kappa shape index (κ3) is 4.64. The number of nitrogens with one attached hydrogen (secondary N) is 1. The van der Waals surface area contributed by atoms with E-state index in [9.17, 15) is 0 Å². The zero-order valence-corrected chi connectivity index (χ0v) is 10.7. The number of ether oxygens (including phenoxy) is 1. The van der Waals surface area contributed by atoms with Crippen molar-refractivity contribution in [2.75, 3.05) is 39.9 Å². The molecular formula is C13H26N2O. The van der Waals surface area contributed by atoms with E-state index in [1.165, 1.54) is 19.5 Å². The fourth-order valence-corrected chi connectivity index (χ4v) is 2.33. The van der Waals surface area contributed by atoms with Gasteiger partial charge in [-0.25, -0.2) is 0 Å². The van der Waals surface area contributed by atoms with Crippen LogP contribution in [0.2, 0.25) is 0 Å². The van der Waals surface area contributed by atoms with Crippen LogP contribution in [0.4, 0.5) is 0 Å². The molecule has 0 radical (unpaired) electrons. The highest BCUT2D eigenvalue weighted by Gasteiger charge is 2.24. The van der Waals surface area contributed by atoms with Crippen molar-refractivity contribution in [3.8, 4) is 0 Å². The van der Waals surface area contributed by atoms with E-state index in [1.807, 2.05) is 6.08 Å². The highest BCUT2D eigenvalue weighted by Crippen LogP contribution is 2.15. The maximum atomic E-state index is 5.54. The van der Waals surface area contributed by atoms with Crippen LogP contribution >= 0.6 is 0 Å². The van der Waals surface area contributed by atoms with Gasteiger partial charge in [-0.1, -0.05) is 13.0 Å². The normalized spacial score (nSPS) is 26.9. The molecule has 1 heterocycles. The lowest BCUT2D eigenvalue weighted by Crippen LogP contribution is -2.47. The SMILES string of the molecule is C=CCCOCCN1CCC(NC)C(C)C1. The van der Waals surface area contributed by atoms with E-state index in [4.69, 9.17) is 4.74 Å². The largest absolute Gasteiger partial charge is 0.380 e. The first-order chi connectivity index (χ1) is 7.77. The number of hydrogen-bond donors (Lipinski definition) is 1. The van der Waals surface area contributed by atoms with Crippen LogP contribution in [-0.2, 0) is 4.74 Å². The van der Waals surface area contributed by atoms with Crippen LogP contribution in [0.3, 0.4) is 0 Å². The molecule has 1 fully saturated rings. The van der Waals surface area contributed by atoms with Gasteiger partial charge < -0.3 is 15.0 Å². The molecule has 0 aromatic heterocycles. The van der Waals surface area contributed by atoms with E-state index in [2.05, 4.69) is 30.8 Å². The van der Waals surface area contributed by atoms with Crippen molar-refractivity contribution >= 4 is 0 Å². The second-order valence-corrected chi connectivity index (χ2v) is 4.65. The highest BCUT2D eigenvalue weighted by atomic mass is 16.5. The minimum Gasteiger partial charge on any atom is -0.380 e. The molecule has 1 rings (SSSR count). The number of likely N-dealkylation sites (tertiary alicyclic amines) is 1. The summed E-state index contributed by atoms with van der Waals surface area (Å²) in [5, 5.41) is 3.39.